The van der Waals surface area contributed by atoms with Gasteiger partial charge in [-0.15, -0.1) is 11.6 Å². The highest BCUT2D eigenvalue weighted by molar-refractivity contribution is 7.92. The van der Waals surface area contributed by atoms with E-state index in [1.807, 2.05) is 13.8 Å². The summed E-state index contributed by atoms with van der Waals surface area (Å²) in [4.78, 5) is 14.1. The maximum atomic E-state index is 12.4. The van der Waals surface area contributed by atoms with Gasteiger partial charge in [-0.3, -0.25) is 4.79 Å². The van der Waals surface area contributed by atoms with Crippen LogP contribution >= 0.6 is 11.6 Å². The van der Waals surface area contributed by atoms with Crippen LogP contribution < -0.4 is 0 Å². The molecule has 4 nitrogen and oxygen atoms in total. The number of halogens is 1. The Morgan fingerprint density at radius 1 is 1.28 bits per heavy atom. The second-order valence-corrected chi connectivity index (χ2v) is 7.88. The van der Waals surface area contributed by atoms with Crippen molar-refractivity contribution < 1.29 is 13.2 Å². The number of hydrogen-bond acceptors (Lipinski definition) is 3. The molecule has 0 rings (SSSR count). The molecule has 0 spiro atoms. The van der Waals surface area contributed by atoms with Gasteiger partial charge in [0, 0.05) is 24.7 Å². The normalized spacial score (nSPS) is 12.8. The Kier molecular flexibility index (Phi) is 6.65. The van der Waals surface area contributed by atoms with Gasteiger partial charge >= 0.3 is 0 Å². The summed E-state index contributed by atoms with van der Waals surface area (Å²) in [6.45, 7) is 7.25. The second-order valence-electron chi connectivity index (χ2n) is 4.94. The highest BCUT2D eigenvalue weighted by atomic mass is 35.5. The zero-order valence-electron chi connectivity index (χ0n) is 11.9. The van der Waals surface area contributed by atoms with Crippen molar-refractivity contribution in [3.05, 3.63) is 0 Å². The van der Waals surface area contributed by atoms with Crippen LogP contribution in [0.3, 0.4) is 0 Å². The Labute approximate surface area is 116 Å². The van der Waals surface area contributed by atoms with Crippen LogP contribution in [-0.2, 0) is 14.6 Å². The van der Waals surface area contributed by atoms with Crippen molar-refractivity contribution >= 4 is 27.3 Å². The van der Waals surface area contributed by atoms with E-state index in [9.17, 15) is 13.2 Å². The molecule has 0 fully saturated rings. The van der Waals surface area contributed by atoms with Crippen molar-refractivity contribution in [2.45, 2.75) is 51.3 Å². The van der Waals surface area contributed by atoms with Crippen LogP contribution in [0.15, 0.2) is 0 Å². The molecule has 0 aliphatic rings. The van der Waals surface area contributed by atoms with E-state index >= 15 is 0 Å². The van der Waals surface area contributed by atoms with Crippen molar-refractivity contribution in [3.63, 3.8) is 0 Å². The van der Waals surface area contributed by atoms with E-state index in [0.29, 0.717) is 12.4 Å². The lowest BCUT2D eigenvalue weighted by molar-refractivity contribution is -0.135. The zero-order chi connectivity index (χ0) is 14.6. The number of amides is 1. The predicted molar refractivity (Wildman–Crippen MR) is 75.7 cm³/mol. The molecule has 0 aromatic rings. The molecule has 1 amide bonds. The first-order valence-corrected chi connectivity index (χ1v) is 8.62. The fourth-order valence-electron chi connectivity index (χ4n) is 1.77. The fourth-order valence-corrected chi connectivity index (χ4v) is 2.39. The molecule has 0 aromatic carbocycles. The standard InChI is InChI=1S/C12H24ClNO3S/c1-6-10(7-2)14(9-8-13)11(15)12(3,4)18(5,16)17/h10H,6-9H2,1-5H3. The summed E-state index contributed by atoms with van der Waals surface area (Å²) in [6, 6.07) is 0.0391. The Morgan fingerprint density at radius 2 is 1.72 bits per heavy atom. The van der Waals surface area contributed by atoms with Gasteiger partial charge in [0.15, 0.2) is 9.84 Å². The smallest absolute Gasteiger partial charge is 0.243 e. The summed E-state index contributed by atoms with van der Waals surface area (Å²) in [5.74, 6) is -0.0541. The number of rotatable bonds is 7. The van der Waals surface area contributed by atoms with Crippen LogP contribution in [0.4, 0.5) is 0 Å². The molecule has 0 aliphatic carbocycles. The van der Waals surface area contributed by atoms with Crippen LogP contribution in [-0.4, -0.2) is 48.7 Å². The molecule has 0 saturated heterocycles. The van der Waals surface area contributed by atoms with Gasteiger partial charge in [0.25, 0.3) is 0 Å². The summed E-state index contributed by atoms with van der Waals surface area (Å²) in [7, 11) is -3.45. The number of alkyl halides is 1. The number of hydrogen-bond donors (Lipinski definition) is 0. The second kappa shape index (κ2) is 6.75. The average Bonchev–Trinajstić information content (AvgIpc) is 2.27. The monoisotopic (exact) mass is 297 g/mol. The number of carbonyl (C=O) groups is 1. The minimum atomic E-state index is -3.45. The van der Waals surface area contributed by atoms with E-state index in [1.165, 1.54) is 13.8 Å². The summed E-state index contributed by atoms with van der Waals surface area (Å²) in [5, 5.41) is 0. The predicted octanol–water partition coefficient (Wildman–Crippen LogP) is 2.07. The van der Waals surface area contributed by atoms with E-state index in [0.717, 1.165) is 19.1 Å². The Balaban J connectivity index is 5.33. The quantitative estimate of drug-likeness (QED) is 0.676. The van der Waals surface area contributed by atoms with Crippen LogP contribution in [0.25, 0.3) is 0 Å². The van der Waals surface area contributed by atoms with E-state index in [-0.39, 0.29) is 11.9 Å². The Morgan fingerprint density at radius 3 is 2.00 bits per heavy atom. The topological polar surface area (TPSA) is 54.5 Å². The van der Waals surface area contributed by atoms with Crippen molar-refractivity contribution in [1.82, 2.24) is 4.90 Å². The van der Waals surface area contributed by atoms with Gasteiger partial charge in [-0.25, -0.2) is 8.42 Å². The maximum absolute atomic E-state index is 12.4. The highest BCUT2D eigenvalue weighted by Crippen LogP contribution is 2.22. The summed E-state index contributed by atoms with van der Waals surface area (Å²) < 4.78 is 22.0. The van der Waals surface area contributed by atoms with Crippen LogP contribution in [0.1, 0.15) is 40.5 Å². The van der Waals surface area contributed by atoms with Gasteiger partial charge in [0.2, 0.25) is 5.91 Å². The summed E-state index contributed by atoms with van der Waals surface area (Å²) >= 11 is 5.72. The lowest BCUT2D eigenvalue weighted by Gasteiger charge is -2.35. The highest BCUT2D eigenvalue weighted by Gasteiger charge is 2.42. The molecular weight excluding hydrogens is 274 g/mol. The van der Waals surface area contributed by atoms with E-state index in [2.05, 4.69) is 0 Å². The molecule has 0 aliphatic heterocycles. The number of sulfone groups is 1. The van der Waals surface area contributed by atoms with E-state index in [4.69, 9.17) is 11.6 Å². The zero-order valence-corrected chi connectivity index (χ0v) is 13.4. The molecule has 6 heteroatoms. The molecule has 108 valence electrons. The van der Waals surface area contributed by atoms with Crippen LogP contribution in [0, 0.1) is 0 Å². The van der Waals surface area contributed by atoms with Gasteiger partial charge in [0.1, 0.15) is 4.75 Å². The van der Waals surface area contributed by atoms with Crippen molar-refractivity contribution in [3.8, 4) is 0 Å². The molecule has 0 atom stereocenters. The molecule has 0 saturated carbocycles. The first kappa shape index (κ1) is 17.7. The SMILES string of the molecule is CCC(CC)N(CCCl)C(=O)C(C)(C)S(C)(=O)=O. The molecule has 0 unspecified atom stereocenters. The summed E-state index contributed by atoms with van der Waals surface area (Å²) in [5.41, 5.74) is 0. The van der Waals surface area contributed by atoms with Crippen molar-refractivity contribution in [2.24, 2.45) is 0 Å². The third-order valence-electron chi connectivity index (χ3n) is 3.41. The molecule has 18 heavy (non-hydrogen) atoms. The first-order valence-electron chi connectivity index (χ1n) is 6.20. The largest absolute Gasteiger partial charge is 0.337 e. The van der Waals surface area contributed by atoms with Crippen LogP contribution in [0.2, 0.25) is 0 Å². The van der Waals surface area contributed by atoms with Crippen molar-refractivity contribution in [2.75, 3.05) is 18.7 Å². The lowest BCUT2D eigenvalue weighted by atomic mass is 10.1. The molecular formula is C12H24ClNO3S. The van der Waals surface area contributed by atoms with E-state index < -0.39 is 14.6 Å². The van der Waals surface area contributed by atoms with Gasteiger partial charge in [-0.1, -0.05) is 13.8 Å². The first-order chi connectivity index (χ1) is 8.13. The van der Waals surface area contributed by atoms with Crippen LogP contribution in [0.5, 0.6) is 0 Å². The molecule has 0 N–H and O–H groups in total. The minimum absolute atomic E-state index is 0.0391. The van der Waals surface area contributed by atoms with E-state index in [1.54, 1.807) is 4.90 Å². The molecule has 0 bridgehead atoms. The van der Waals surface area contributed by atoms with Crippen molar-refractivity contribution in [1.29, 1.82) is 0 Å². The molecule has 0 heterocycles. The Bertz CT molecular complexity index is 375. The molecule has 0 aromatic heterocycles. The van der Waals surface area contributed by atoms with Gasteiger partial charge in [0.05, 0.1) is 0 Å². The van der Waals surface area contributed by atoms with Gasteiger partial charge < -0.3 is 4.90 Å². The lowest BCUT2D eigenvalue weighted by Crippen LogP contribution is -2.53. The molecule has 0 radical (unpaired) electrons. The Hall–Kier alpha value is -0.290. The third kappa shape index (κ3) is 3.85. The number of carbonyl (C=O) groups excluding carboxylic acids is 1. The maximum Gasteiger partial charge on any atom is 0.243 e. The number of nitrogens with zero attached hydrogens (tertiary/aromatic N) is 1. The third-order valence-corrected chi connectivity index (χ3v) is 5.61. The van der Waals surface area contributed by atoms with Gasteiger partial charge in [-0.05, 0) is 26.7 Å². The fraction of sp³-hybridized carbons (Fsp3) is 0.917. The minimum Gasteiger partial charge on any atom is -0.337 e. The average molecular weight is 298 g/mol. The van der Waals surface area contributed by atoms with Gasteiger partial charge in [-0.2, -0.15) is 0 Å². The summed E-state index contributed by atoms with van der Waals surface area (Å²) in [6.07, 6.45) is 2.68.